The van der Waals surface area contributed by atoms with Crippen LogP contribution in [0.1, 0.15) is 91.9 Å². The fraction of sp³-hybridized carbons (Fsp3) is 0.773. The first-order valence-corrected chi connectivity index (χ1v) is 10.4. The number of ether oxygens (including phenoxy) is 1. The summed E-state index contributed by atoms with van der Waals surface area (Å²) in [6.45, 7) is 7.79. The van der Waals surface area contributed by atoms with Crippen molar-refractivity contribution >= 4 is 5.97 Å². The Hall–Kier alpha value is -1.19. The number of hydrogen-bond donors (Lipinski definition) is 0. The third-order valence-electron chi connectivity index (χ3n) is 4.48. The molecule has 0 bridgehead atoms. The molecule has 0 heterocycles. The molecule has 0 saturated heterocycles. The van der Waals surface area contributed by atoms with Gasteiger partial charge < -0.3 is 4.74 Å². The molecule has 0 radical (unpaired) electrons. The van der Waals surface area contributed by atoms with Gasteiger partial charge in [-0.3, -0.25) is 4.79 Å². The molecule has 1 atom stereocenters. The maximum atomic E-state index is 14.4. The summed E-state index contributed by atoms with van der Waals surface area (Å²) in [4.78, 5) is 11.9. The van der Waals surface area contributed by atoms with E-state index in [1.807, 2.05) is 45.9 Å². The van der Waals surface area contributed by atoms with Crippen LogP contribution in [0.15, 0.2) is 24.3 Å². The molecule has 4 heteroatoms. The van der Waals surface area contributed by atoms with E-state index in [9.17, 15) is 13.6 Å². The van der Waals surface area contributed by atoms with Gasteiger partial charge in [-0.1, -0.05) is 58.3 Å². The molecule has 0 N–H and O–H groups in total. The predicted molar refractivity (Wildman–Crippen MR) is 105 cm³/mol. The second-order valence-corrected chi connectivity index (χ2v) is 6.67. The van der Waals surface area contributed by atoms with Crippen molar-refractivity contribution in [2.24, 2.45) is 5.92 Å². The van der Waals surface area contributed by atoms with Crippen LogP contribution in [0.25, 0.3) is 0 Å². The van der Waals surface area contributed by atoms with Crippen molar-refractivity contribution in [1.82, 2.24) is 0 Å². The van der Waals surface area contributed by atoms with Crippen molar-refractivity contribution in [3.8, 4) is 0 Å². The average molecular weight is 373 g/mol. The molecular weight excluding hydrogens is 334 g/mol. The van der Waals surface area contributed by atoms with Gasteiger partial charge in [0, 0.05) is 12.8 Å². The molecule has 152 valence electrons. The van der Waals surface area contributed by atoms with Crippen LogP contribution >= 0.6 is 0 Å². The Bertz CT molecular complexity index is 410. The van der Waals surface area contributed by atoms with Crippen LogP contribution in [-0.2, 0) is 9.53 Å². The van der Waals surface area contributed by atoms with Crippen molar-refractivity contribution in [1.29, 1.82) is 0 Å². The lowest BCUT2D eigenvalue weighted by Gasteiger charge is -2.25. The normalized spacial score (nSPS) is 16.7. The van der Waals surface area contributed by atoms with Gasteiger partial charge in [0.1, 0.15) is 0 Å². The molecule has 1 aliphatic rings. The summed E-state index contributed by atoms with van der Waals surface area (Å²) >= 11 is 0. The fourth-order valence-corrected chi connectivity index (χ4v) is 2.96. The van der Waals surface area contributed by atoms with Crippen LogP contribution < -0.4 is 0 Å². The Morgan fingerprint density at radius 3 is 2.46 bits per heavy atom. The highest BCUT2D eigenvalue weighted by molar-refractivity contribution is 5.69. The van der Waals surface area contributed by atoms with Crippen molar-refractivity contribution in [2.45, 2.75) is 104 Å². The molecular formula is C22H38F2O2. The topological polar surface area (TPSA) is 26.3 Å². The second kappa shape index (κ2) is 14.9. The smallest absolute Gasteiger partial charge is 0.306 e. The molecule has 1 unspecified atom stereocenters. The first-order valence-electron chi connectivity index (χ1n) is 10.4. The minimum absolute atomic E-state index is 0.183. The summed E-state index contributed by atoms with van der Waals surface area (Å²) in [5.74, 6) is -3.18. The van der Waals surface area contributed by atoms with E-state index in [-0.39, 0.29) is 12.8 Å². The predicted octanol–water partition coefficient (Wildman–Crippen LogP) is 7.24. The summed E-state index contributed by atoms with van der Waals surface area (Å²) < 4.78 is 34.0. The van der Waals surface area contributed by atoms with E-state index in [2.05, 4.69) is 0 Å². The third-order valence-corrected chi connectivity index (χ3v) is 4.48. The van der Waals surface area contributed by atoms with Gasteiger partial charge in [-0.15, -0.1) is 0 Å². The molecule has 0 aromatic carbocycles. The lowest BCUT2D eigenvalue weighted by molar-refractivity contribution is -0.167. The van der Waals surface area contributed by atoms with Crippen LogP contribution in [-0.4, -0.2) is 18.0 Å². The highest BCUT2D eigenvalue weighted by atomic mass is 19.3. The zero-order valence-electron chi connectivity index (χ0n) is 17.1. The molecule has 1 fully saturated rings. The number of hydrogen-bond acceptors (Lipinski definition) is 2. The largest absolute Gasteiger partial charge is 0.452 e. The van der Waals surface area contributed by atoms with Crippen LogP contribution in [0.5, 0.6) is 0 Å². The summed E-state index contributed by atoms with van der Waals surface area (Å²) in [5, 5.41) is 0. The average Bonchev–Trinajstić information content (AvgIpc) is 3.15. The van der Waals surface area contributed by atoms with Gasteiger partial charge >= 0.3 is 5.97 Å². The first kappa shape index (κ1) is 24.8. The molecule has 2 nitrogen and oxygen atoms in total. The van der Waals surface area contributed by atoms with Crippen molar-refractivity contribution in [3.63, 3.8) is 0 Å². The maximum Gasteiger partial charge on any atom is 0.306 e. The highest BCUT2D eigenvalue weighted by Crippen LogP contribution is 2.31. The number of rotatable bonds is 11. The number of allylic oxidation sites excluding steroid dienone is 3. The van der Waals surface area contributed by atoms with Crippen molar-refractivity contribution in [2.75, 3.05) is 0 Å². The molecule has 0 aromatic heterocycles. The molecule has 0 amide bonds. The molecule has 1 aliphatic carbocycles. The fourth-order valence-electron chi connectivity index (χ4n) is 2.96. The Morgan fingerprint density at radius 1 is 1.23 bits per heavy atom. The van der Waals surface area contributed by atoms with E-state index >= 15 is 0 Å². The van der Waals surface area contributed by atoms with E-state index in [4.69, 9.17) is 4.74 Å². The van der Waals surface area contributed by atoms with Crippen LogP contribution in [0, 0.1) is 5.92 Å². The Labute approximate surface area is 159 Å². The quantitative estimate of drug-likeness (QED) is 0.217. The lowest BCUT2D eigenvalue weighted by atomic mass is 10.0. The van der Waals surface area contributed by atoms with Gasteiger partial charge in [-0.05, 0) is 51.0 Å². The Morgan fingerprint density at radius 2 is 1.88 bits per heavy atom. The van der Waals surface area contributed by atoms with Gasteiger partial charge in [0.25, 0.3) is 5.92 Å². The zero-order chi connectivity index (χ0) is 19.8. The minimum atomic E-state index is -3.00. The maximum absolute atomic E-state index is 14.4. The summed E-state index contributed by atoms with van der Waals surface area (Å²) in [7, 11) is 0. The Balaban J connectivity index is 0.00000301. The van der Waals surface area contributed by atoms with Gasteiger partial charge in [0.2, 0.25) is 0 Å². The lowest BCUT2D eigenvalue weighted by Crippen LogP contribution is -2.36. The number of unbranched alkanes of at least 4 members (excludes halogenated alkanes) is 2. The number of carbonyl (C=O) groups excluding carboxylic acids is 1. The number of carbonyl (C=O) groups is 1. The SMILES string of the molecule is C/C=C\CCCC(=O)OC(/C=C/C1CCCC1)C(F)(F)CCCC.CC. The number of halogens is 2. The highest BCUT2D eigenvalue weighted by Gasteiger charge is 2.40. The van der Waals surface area contributed by atoms with E-state index < -0.39 is 18.0 Å². The monoisotopic (exact) mass is 372 g/mol. The molecule has 1 saturated carbocycles. The van der Waals surface area contributed by atoms with Crippen LogP contribution in [0.3, 0.4) is 0 Å². The van der Waals surface area contributed by atoms with Crippen molar-refractivity contribution < 1.29 is 18.3 Å². The number of alkyl halides is 2. The zero-order valence-corrected chi connectivity index (χ0v) is 17.1. The summed E-state index contributed by atoms with van der Waals surface area (Å²) in [5.41, 5.74) is 0. The van der Waals surface area contributed by atoms with E-state index in [0.717, 1.165) is 32.1 Å². The van der Waals surface area contributed by atoms with Crippen molar-refractivity contribution in [3.05, 3.63) is 24.3 Å². The van der Waals surface area contributed by atoms with Gasteiger partial charge in [0.05, 0.1) is 0 Å². The number of esters is 1. The Kier molecular flexibility index (Phi) is 14.2. The van der Waals surface area contributed by atoms with Gasteiger partial charge in [-0.25, -0.2) is 8.78 Å². The third kappa shape index (κ3) is 10.7. The van der Waals surface area contributed by atoms with E-state index in [1.165, 1.54) is 6.08 Å². The van der Waals surface area contributed by atoms with E-state index in [1.54, 1.807) is 0 Å². The first-order chi connectivity index (χ1) is 12.5. The molecule has 26 heavy (non-hydrogen) atoms. The summed E-state index contributed by atoms with van der Waals surface area (Å²) in [6.07, 6.45) is 12.6. The van der Waals surface area contributed by atoms with Gasteiger partial charge in [-0.2, -0.15) is 0 Å². The molecule has 1 rings (SSSR count). The minimum Gasteiger partial charge on any atom is -0.452 e. The van der Waals surface area contributed by atoms with E-state index in [0.29, 0.717) is 25.2 Å². The van der Waals surface area contributed by atoms with Crippen LogP contribution in [0.2, 0.25) is 0 Å². The standard InChI is InChI=1S/C20H32F2O2.C2H6/c1-3-5-7-8-13-19(23)24-18(20(21,22)16-6-4-2)15-14-17-11-9-10-12-17;1-2/h3,5,14-15,17-18H,4,6-13,16H2,1-2H3;1-2H3/b5-3-,15-14+;. The second-order valence-electron chi connectivity index (χ2n) is 6.67. The van der Waals surface area contributed by atoms with Crippen LogP contribution in [0.4, 0.5) is 8.78 Å². The molecule has 0 spiro atoms. The summed E-state index contributed by atoms with van der Waals surface area (Å²) in [6, 6.07) is 0. The van der Waals surface area contributed by atoms with Gasteiger partial charge in [0.15, 0.2) is 6.10 Å². The molecule has 0 aliphatic heterocycles. The molecule has 0 aromatic rings.